The van der Waals surface area contributed by atoms with Crippen molar-refractivity contribution in [2.24, 2.45) is 17.8 Å². The van der Waals surface area contributed by atoms with Crippen LogP contribution in [0.15, 0.2) is 5.38 Å². The van der Waals surface area contributed by atoms with Crippen molar-refractivity contribution in [1.29, 1.82) is 0 Å². The summed E-state index contributed by atoms with van der Waals surface area (Å²) >= 11 is 1.54. The Kier molecular flexibility index (Phi) is 3.03. The van der Waals surface area contributed by atoms with Crippen LogP contribution < -0.4 is 5.32 Å². The van der Waals surface area contributed by atoms with E-state index in [4.69, 9.17) is 0 Å². The third-order valence-corrected chi connectivity index (χ3v) is 6.19. The molecule has 5 nitrogen and oxygen atoms in total. The van der Waals surface area contributed by atoms with E-state index in [1.165, 1.54) is 12.8 Å². The molecule has 2 N–H and O–H groups in total. The highest BCUT2D eigenvalue weighted by molar-refractivity contribution is 7.10. The van der Waals surface area contributed by atoms with Gasteiger partial charge in [-0.25, -0.2) is 4.98 Å². The van der Waals surface area contributed by atoms with Crippen molar-refractivity contribution in [3.63, 3.8) is 0 Å². The van der Waals surface area contributed by atoms with Crippen molar-refractivity contribution in [2.75, 3.05) is 0 Å². The Balaban J connectivity index is 1.48. The zero-order valence-corrected chi connectivity index (χ0v) is 12.4. The zero-order valence-electron chi connectivity index (χ0n) is 11.6. The van der Waals surface area contributed by atoms with E-state index in [1.54, 1.807) is 16.7 Å². The van der Waals surface area contributed by atoms with E-state index in [0.29, 0.717) is 17.5 Å². The smallest absolute Gasteiger partial charge is 0.308 e. The fourth-order valence-corrected chi connectivity index (χ4v) is 4.96. The van der Waals surface area contributed by atoms with Gasteiger partial charge in [0.1, 0.15) is 5.69 Å². The van der Waals surface area contributed by atoms with Gasteiger partial charge in [-0.3, -0.25) is 9.59 Å². The molecule has 3 fully saturated rings. The van der Waals surface area contributed by atoms with Crippen LogP contribution in [0.3, 0.4) is 0 Å². The number of fused-ring (bicyclic) bond motifs is 2. The van der Waals surface area contributed by atoms with Gasteiger partial charge >= 0.3 is 5.97 Å². The molecule has 4 atom stereocenters. The summed E-state index contributed by atoms with van der Waals surface area (Å²) in [6.07, 6.45) is 5.29. The van der Waals surface area contributed by atoms with Crippen LogP contribution in [0.5, 0.6) is 0 Å². The van der Waals surface area contributed by atoms with Crippen molar-refractivity contribution in [3.05, 3.63) is 16.1 Å². The molecule has 0 radical (unpaired) electrons. The number of amides is 1. The summed E-state index contributed by atoms with van der Waals surface area (Å²) in [5, 5.41) is 15.2. The second-order valence-corrected chi connectivity index (χ2v) is 7.43. The normalized spacial score (nSPS) is 34.1. The largest absolute Gasteiger partial charge is 0.481 e. The number of nitrogens with zero attached hydrogens (tertiary/aromatic N) is 1. The molecule has 0 unspecified atom stereocenters. The Morgan fingerprint density at radius 3 is 2.71 bits per heavy atom. The summed E-state index contributed by atoms with van der Waals surface area (Å²) in [6.45, 7) is 0. The number of nitrogens with one attached hydrogen (secondary N) is 1. The molecule has 112 valence electrons. The number of hydrogen-bond donors (Lipinski definition) is 2. The average molecular weight is 306 g/mol. The first-order chi connectivity index (χ1) is 10.1. The molecule has 6 heteroatoms. The van der Waals surface area contributed by atoms with Gasteiger partial charge in [-0.05, 0) is 43.9 Å². The molecule has 3 aliphatic carbocycles. The Hall–Kier alpha value is -1.43. The van der Waals surface area contributed by atoms with Crippen LogP contribution in [-0.4, -0.2) is 28.0 Å². The Morgan fingerprint density at radius 1 is 1.24 bits per heavy atom. The highest BCUT2D eigenvalue weighted by Crippen LogP contribution is 2.48. The number of carboxylic acid groups (broad SMARTS) is 1. The molecule has 1 aromatic rings. The van der Waals surface area contributed by atoms with Crippen molar-refractivity contribution in [1.82, 2.24) is 10.3 Å². The van der Waals surface area contributed by atoms with Crippen molar-refractivity contribution in [2.45, 2.75) is 44.1 Å². The monoisotopic (exact) mass is 306 g/mol. The quantitative estimate of drug-likeness (QED) is 0.894. The Bertz CT molecular complexity index is 595. The van der Waals surface area contributed by atoms with E-state index in [0.717, 1.165) is 24.3 Å². The molecule has 1 aromatic heterocycles. The minimum Gasteiger partial charge on any atom is -0.481 e. The van der Waals surface area contributed by atoms with Gasteiger partial charge in [0.2, 0.25) is 0 Å². The van der Waals surface area contributed by atoms with Crippen molar-refractivity contribution < 1.29 is 14.7 Å². The number of carboxylic acids is 1. The van der Waals surface area contributed by atoms with Crippen LogP contribution in [-0.2, 0) is 4.79 Å². The second kappa shape index (κ2) is 4.80. The first kappa shape index (κ1) is 13.2. The topological polar surface area (TPSA) is 79.3 Å². The summed E-state index contributed by atoms with van der Waals surface area (Å²) in [4.78, 5) is 28.2. The summed E-state index contributed by atoms with van der Waals surface area (Å²) in [5.41, 5.74) is 0.453. The molecule has 0 aliphatic heterocycles. The summed E-state index contributed by atoms with van der Waals surface area (Å²) < 4.78 is 0. The summed E-state index contributed by atoms with van der Waals surface area (Å²) in [7, 11) is 0. The third kappa shape index (κ3) is 2.25. The average Bonchev–Trinajstić information content (AvgIpc) is 2.91. The molecule has 0 spiro atoms. The fraction of sp³-hybridized carbons (Fsp3) is 0.667. The molecule has 0 saturated heterocycles. The maximum Gasteiger partial charge on any atom is 0.308 e. The molecule has 4 rings (SSSR count). The minimum absolute atomic E-state index is 0.207. The van der Waals surface area contributed by atoms with Crippen LogP contribution in [0.25, 0.3) is 0 Å². The lowest BCUT2D eigenvalue weighted by atomic mass is 9.84. The minimum atomic E-state index is -0.774. The Morgan fingerprint density at radius 2 is 2.00 bits per heavy atom. The van der Waals surface area contributed by atoms with Crippen LogP contribution in [0.4, 0.5) is 0 Å². The molecule has 2 bridgehead atoms. The highest BCUT2D eigenvalue weighted by atomic mass is 32.1. The van der Waals surface area contributed by atoms with Gasteiger partial charge in [-0.1, -0.05) is 0 Å². The predicted octanol–water partition coefficient (Wildman–Crippen LogP) is 2.25. The van der Waals surface area contributed by atoms with Gasteiger partial charge in [0.25, 0.3) is 5.91 Å². The molecule has 3 saturated carbocycles. The van der Waals surface area contributed by atoms with Gasteiger partial charge in [-0.15, -0.1) is 11.3 Å². The molecule has 0 aromatic carbocycles. The van der Waals surface area contributed by atoms with Gasteiger partial charge < -0.3 is 10.4 Å². The van der Waals surface area contributed by atoms with Crippen LogP contribution in [0.2, 0.25) is 0 Å². The first-order valence-electron chi connectivity index (χ1n) is 7.62. The maximum absolute atomic E-state index is 12.3. The molecule has 21 heavy (non-hydrogen) atoms. The number of thiazole rings is 1. The number of aromatic nitrogens is 1. The number of hydrogen-bond acceptors (Lipinski definition) is 4. The first-order valence-corrected chi connectivity index (χ1v) is 8.50. The van der Waals surface area contributed by atoms with Gasteiger partial charge in [0, 0.05) is 17.3 Å². The van der Waals surface area contributed by atoms with Gasteiger partial charge in [0.15, 0.2) is 0 Å². The fourth-order valence-electron chi connectivity index (χ4n) is 3.99. The van der Waals surface area contributed by atoms with E-state index in [-0.39, 0.29) is 17.9 Å². The van der Waals surface area contributed by atoms with E-state index < -0.39 is 11.9 Å². The molecular weight excluding hydrogens is 288 g/mol. The van der Waals surface area contributed by atoms with E-state index >= 15 is 0 Å². The number of carbonyl (C=O) groups is 2. The van der Waals surface area contributed by atoms with Crippen molar-refractivity contribution in [3.8, 4) is 0 Å². The highest BCUT2D eigenvalue weighted by Gasteiger charge is 2.51. The van der Waals surface area contributed by atoms with E-state index in [2.05, 4.69) is 10.3 Å². The molecular formula is C15H18N2O3S. The lowest BCUT2D eigenvalue weighted by Gasteiger charge is -2.28. The van der Waals surface area contributed by atoms with Crippen molar-refractivity contribution >= 4 is 23.2 Å². The van der Waals surface area contributed by atoms with E-state index in [1.807, 2.05) is 0 Å². The molecule has 1 amide bonds. The number of carbonyl (C=O) groups excluding carboxylic acids is 1. The van der Waals surface area contributed by atoms with Crippen LogP contribution in [0.1, 0.15) is 53.5 Å². The lowest BCUT2D eigenvalue weighted by Crippen LogP contribution is -2.46. The summed E-state index contributed by atoms with van der Waals surface area (Å²) in [6, 6.07) is -0.222. The Labute approximate surface area is 126 Å². The predicted molar refractivity (Wildman–Crippen MR) is 77.3 cm³/mol. The standard InChI is InChI=1S/C15H18N2O3S/c18-13(10-6-21-14(16-10)7-1-2-7)17-12-9-4-3-8(5-9)11(12)15(19)20/h6-9,11-12H,1-5H2,(H,17,18)(H,19,20)/t8-,9+,11+,12-/m1/s1. The lowest BCUT2D eigenvalue weighted by molar-refractivity contribution is -0.144. The zero-order chi connectivity index (χ0) is 14.6. The van der Waals surface area contributed by atoms with Gasteiger partial charge in [0.05, 0.1) is 10.9 Å². The van der Waals surface area contributed by atoms with Gasteiger partial charge in [-0.2, -0.15) is 0 Å². The molecule has 1 heterocycles. The molecule has 3 aliphatic rings. The van der Waals surface area contributed by atoms with E-state index in [9.17, 15) is 14.7 Å². The third-order valence-electron chi connectivity index (χ3n) is 5.18. The number of aliphatic carboxylic acids is 1. The summed E-state index contributed by atoms with van der Waals surface area (Å²) in [5.74, 6) is -0.303. The van der Waals surface area contributed by atoms with Crippen LogP contribution >= 0.6 is 11.3 Å². The van der Waals surface area contributed by atoms with Crippen LogP contribution in [0, 0.1) is 17.8 Å². The number of rotatable bonds is 4. The second-order valence-electron chi connectivity index (χ2n) is 6.54. The maximum atomic E-state index is 12.3. The SMILES string of the molecule is O=C(N[C@@H]1[C@H]2CC[C@H](C2)[C@@H]1C(=O)O)c1csc(C2CC2)n1.